The van der Waals surface area contributed by atoms with Gasteiger partial charge in [0.25, 0.3) is 0 Å². The van der Waals surface area contributed by atoms with Crippen molar-refractivity contribution < 1.29 is 0 Å². The van der Waals surface area contributed by atoms with E-state index in [4.69, 9.17) is 11.6 Å². The molecule has 2 aromatic rings. The van der Waals surface area contributed by atoms with Crippen LogP contribution in [0, 0.1) is 11.3 Å². The molecule has 1 unspecified atom stereocenters. The molecule has 0 aromatic heterocycles. The standard InChI is InChI=1S/C15H13ClN2/c16-14-7-4-8-15(9-14)18-11-13(10-17)12-5-2-1-3-6-12/h1-9,13,18H,11H2. The predicted octanol–water partition coefficient (Wildman–Crippen LogP) is 4.06. The smallest absolute Gasteiger partial charge is 0.0885 e. The van der Waals surface area contributed by atoms with Crippen LogP contribution in [0.1, 0.15) is 11.5 Å². The summed E-state index contributed by atoms with van der Waals surface area (Å²) in [6, 6.07) is 19.6. The lowest BCUT2D eigenvalue weighted by atomic mass is 10.0. The van der Waals surface area contributed by atoms with Crippen molar-refractivity contribution in [3.63, 3.8) is 0 Å². The Hall–Kier alpha value is -1.98. The van der Waals surface area contributed by atoms with Gasteiger partial charge in [0, 0.05) is 17.3 Å². The zero-order chi connectivity index (χ0) is 12.8. The highest BCUT2D eigenvalue weighted by Gasteiger charge is 2.09. The molecule has 2 aromatic carbocycles. The third-order valence-electron chi connectivity index (χ3n) is 2.69. The minimum absolute atomic E-state index is 0.162. The first kappa shape index (κ1) is 12.5. The number of halogens is 1. The molecule has 0 heterocycles. The van der Waals surface area contributed by atoms with Gasteiger partial charge in [0.2, 0.25) is 0 Å². The Labute approximate surface area is 112 Å². The molecule has 18 heavy (non-hydrogen) atoms. The van der Waals surface area contributed by atoms with Crippen LogP contribution in [-0.2, 0) is 0 Å². The molecule has 0 saturated heterocycles. The van der Waals surface area contributed by atoms with Crippen molar-refractivity contribution in [2.75, 3.05) is 11.9 Å². The highest BCUT2D eigenvalue weighted by atomic mass is 35.5. The van der Waals surface area contributed by atoms with Crippen LogP contribution in [0.4, 0.5) is 5.69 Å². The minimum atomic E-state index is -0.162. The average Bonchev–Trinajstić information content (AvgIpc) is 2.41. The Kier molecular flexibility index (Phi) is 4.22. The lowest BCUT2D eigenvalue weighted by molar-refractivity contribution is 0.901. The second-order valence-corrected chi connectivity index (χ2v) is 4.42. The largest absolute Gasteiger partial charge is 0.383 e. The molecule has 2 nitrogen and oxygen atoms in total. The summed E-state index contributed by atoms with van der Waals surface area (Å²) in [5, 5.41) is 13.1. The van der Waals surface area contributed by atoms with E-state index in [2.05, 4.69) is 11.4 Å². The molecule has 0 spiro atoms. The first-order valence-corrected chi connectivity index (χ1v) is 6.11. The minimum Gasteiger partial charge on any atom is -0.383 e. The third-order valence-corrected chi connectivity index (χ3v) is 2.93. The molecule has 0 fully saturated rings. The summed E-state index contributed by atoms with van der Waals surface area (Å²) in [7, 11) is 0. The first-order valence-electron chi connectivity index (χ1n) is 5.73. The van der Waals surface area contributed by atoms with Crippen LogP contribution in [0.3, 0.4) is 0 Å². The summed E-state index contributed by atoms with van der Waals surface area (Å²) in [4.78, 5) is 0. The van der Waals surface area contributed by atoms with E-state index in [0.29, 0.717) is 11.6 Å². The molecule has 0 aliphatic heterocycles. The fraction of sp³-hybridized carbons (Fsp3) is 0.133. The van der Waals surface area contributed by atoms with E-state index in [-0.39, 0.29) is 5.92 Å². The highest BCUT2D eigenvalue weighted by molar-refractivity contribution is 6.30. The van der Waals surface area contributed by atoms with Gasteiger partial charge in [-0.3, -0.25) is 0 Å². The van der Waals surface area contributed by atoms with Gasteiger partial charge in [-0.15, -0.1) is 0 Å². The van der Waals surface area contributed by atoms with E-state index in [1.54, 1.807) is 0 Å². The average molecular weight is 257 g/mol. The van der Waals surface area contributed by atoms with Gasteiger partial charge >= 0.3 is 0 Å². The molecule has 0 radical (unpaired) electrons. The van der Waals surface area contributed by atoms with Gasteiger partial charge in [0.05, 0.1) is 12.0 Å². The van der Waals surface area contributed by atoms with E-state index in [9.17, 15) is 5.26 Å². The molecule has 1 atom stereocenters. The monoisotopic (exact) mass is 256 g/mol. The number of nitrogens with one attached hydrogen (secondary N) is 1. The Morgan fingerprint density at radius 1 is 1.11 bits per heavy atom. The van der Waals surface area contributed by atoms with Crippen molar-refractivity contribution in [2.24, 2.45) is 0 Å². The van der Waals surface area contributed by atoms with E-state index in [0.717, 1.165) is 11.3 Å². The van der Waals surface area contributed by atoms with Crippen molar-refractivity contribution in [1.82, 2.24) is 0 Å². The lowest BCUT2D eigenvalue weighted by Crippen LogP contribution is -2.11. The van der Waals surface area contributed by atoms with Crippen molar-refractivity contribution >= 4 is 17.3 Å². The molecule has 0 aliphatic rings. The summed E-state index contributed by atoms with van der Waals surface area (Å²) >= 11 is 5.91. The Morgan fingerprint density at radius 3 is 2.56 bits per heavy atom. The Bertz CT molecular complexity index is 546. The van der Waals surface area contributed by atoms with Crippen LogP contribution in [0.5, 0.6) is 0 Å². The molecular formula is C15H13ClN2. The highest BCUT2D eigenvalue weighted by Crippen LogP contribution is 2.18. The molecular weight excluding hydrogens is 244 g/mol. The number of anilines is 1. The number of hydrogen-bond acceptors (Lipinski definition) is 2. The zero-order valence-corrected chi connectivity index (χ0v) is 10.6. The van der Waals surface area contributed by atoms with Crippen LogP contribution in [0.25, 0.3) is 0 Å². The normalized spacial score (nSPS) is 11.6. The van der Waals surface area contributed by atoms with Gasteiger partial charge in [-0.05, 0) is 23.8 Å². The van der Waals surface area contributed by atoms with Gasteiger partial charge < -0.3 is 5.32 Å². The van der Waals surface area contributed by atoms with Crippen LogP contribution < -0.4 is 5.32 Å². The number of benzene rings is 2. The fourth-order valence-electron chi connectivity index (χ4n) is 1.74. The van der Waals surface area contributed by atoms with Gasteiger partial charge in [-0.25, -0.2) is 0 Å². The molecule has 90 valence electrons. The van der Waals surface area contributed by atoms with Crippen LogP contribution in [0.15, 0.2) is 54.6 Å². The summed E-state index contributed by atoms with van der Waals surface area (Å²) < 4.78 is 0. The number of hydrogen-bond donors (Lipinski definition) is 1. The van der Waals surface area contributed by atoms with Gasteiger partial charge in [-0.1, -0.05) is 48.0 Å². The van der Waals surface area contributed by atoms with E-state index in [1.807, 2.05) is 54.6 Å². The van der Waals surface area contributed by atoms with Crippen LogP contribution >= 0.6 is 11.6 Å². The maximum absolute atomic E-state index is 9.20. The Balaban J connectivity index is 2.03. The van der Waals surface area contributed by atoms with Crippen molar-refractivity contribution in [3.05, 3.63) is 65.2 Å². The molecule has 1 N–H and O–H groups in total. The second kappa shape index (κ2) is 6.09. The number of nitriles is 1. The SMILES string of the molecule is N#CC(CNc1cccc(Cl)c1)c1ccccc1. The fourth-order valence-corrected chi connectivity index (χ4v) is 1.93. The molecule has 0 saturated carbocycles. The summed E-state index contributed by atoms with van der Waals surface area (Å²) in [5.41, 5.74) is 1.95. The van der Waals surface area contributed by atoms with Gasteiger partial charge in [-0.2, -0.15) is 5.26 Å². The summed E-state index contributed by atoms with van der Waals surface area (Å²) in [6.07, 6.45) is 0. The molecule has 2 rings (SSSR count). The topological polar surface area (TPSA) is 35.8 Å². The summed E-state index contributed by atoms with van der Waals surface area (Å²) in [5.74, 6) is -0.162. The molecule has 0 bridgehead atoms. The van der Waals surface area contributed by atoms with Crippen molar-refractivity contribution in [3.8, 4) is 6.07 Å². The quantitative estimate of drug-likeness (QED) is 0.895. The Morgan fingerprint density at radius 2 is 1.89 bits per heavy atom. The molecule has 3 heteroatoms. The predicted molar refractivity (Wildman–Crippen MR) is 74.7 cm³/mol. The maximum atomic E-state index is 9.20. The second-order valence-electron chi connectivity index (χ2n) is 3.98. The van der Waals surface area contributed by atoms with E-state index in [1.165, 1.54) is 0 Å². The lowest BCUT2D eigenvalue weighted by Gasteiger charge is -2.12. The van der Waals surface area contributed by atoms with Crippen molar-refractivity contribution in [2.45, 2.75) is 5.92 Å². The van der Waals surface area contributed by atoms with Gasteiger partial charge in [0.1, 0.15) is 0 Å². The van der Waals surface area contributed by atoms with Gasteiger partial charge in [0.15, 0.2) is 0 Å². The van der Waals surface area contributed by atoms with Crippen LogP contribution in [-0.4, -0.2) is 6.54 Å². The maximum Gasteiger partial charge on any atom is 0.0885 e. The van der Waals surface area contributed by atoms with Crippen LogP contribution in [0.2, 0.25) is 5.02 Å². The summed E-state index contributed by atoms with van der Waals surface area (Å²) in [6.45, 7) is 0.570. The number of rotatable bonds is 4. The third kappa shape index (κ3) is 3.26. The van der Waals surface area contributed by atoms with E-state index < -0.39 is 0 Å². The molecule has 0 aliphatic carbocycles. The number of nitrogens with zero attached hydrogens (tertiary/aromatic N) is 1. The zero-order valence-electron chi connectivity index (χ0n) is 9.81. The van der Waals surface area contributed by atoms with Crippen molar-refractivity contribution in [1.29, 1.82) is 5.26 Å². The van der Waals surface area contributed by atoms with E-state index >= 15 is 0 Å². The molecule has 0 amide bonds. The first-order chi connectivity index (χ1) is 8.79.